The molecule has 0 atom stereocenters. The minimum atomic E-state index is -4.68. The smallest absolute Gasteiger partial charge is 0.417 e. The molecule has 2 N–H and O–H groups in total. The number of carbonyl (C=O) groups is 1. The van der Waals surface area contributed by atoms with Crippen LogP contribution in [0.2, 0.25) is 5.02 Å². The summed E-state index contributed by atoms with van der Waals surface area (Å²) in [5, 5.41) is 4.85. The fraction of sp³-hybridized carbons (Fsp3) is 0.0435. The molecule has 0 bridgehead atoms. The third kappa shape index (κ3) is 4.76. The van der Waals surface area contributed by atoms with Crippen molar-refractivity contribution in [2.75, 3.05) is 10.6 Å². The second-order valence-electron chi connectivity index (χ2n) is 7.01. The van der Waals surface area contributed by atoms with Crippen LogP contribution in [0.15, 0.2) is 70.4 Å². The molecule has 0 radical (unpaired) electrons. The number of nitrogens with one attached hydrogen (secondary N) is 2. The summed E-state index contributed by atoms with van der Waals surface area (Å²) in [6.07, 6.45) is -2.67. The maximum absolute atomic E-state index is 13.1. The van der Waals surface area contributed by atoms with Gasteiger partial charge >= 0.3 is 6.18 Å². The van der Waals surface area contributed by atoms with Crippen LogP contribution in [-0.2, 0) is 6.18 Å². The first-order chi connectivity index (χ1) is 16.2. The Balaban J connectivity index is 1.51. The second-order valence-corrected chi connectivity index (χ2v) is 7.42. The minimum Gasteiger partial charge on any atom is -0.457 e. The van der Waals surface area contributed by atoms with Crippen molar-refractivity contribution < 1.29 is 22.7 Å². The number of carbonyl (C=O) groups excluding carboxylic acids is 1. The van der Waals surface area contributed by atoms with Gasteiger partial charge in [-0.1, -0.05) is 11.6 Å². The number of aromatic nitrogens is 1. The molecule has 4 aromatic rings. The number of alkyl halides is 3. The maximum atomic E-state index is 13.1. The van der Waals surface area contributed by atoms with Crippen molar-refractivity contribution >= 4 is 40.6 Å². The number of ether oxygens (including phenoxy) is 1. The zero-order valence-corrected chi connectivity index (χ0v) is 17.7. The van der Waals surface area contributed by atoms with Crippen LogP contribution in [0.4, 0.5) is 35.9 Å². The summed E-state index contributed by atoms with van der Waals surface area (Å²) in [4.78, 5) is 38.7. The molecule has 7 nitrogen and oxygen atoms in total. The van der Waals surface area contributed by atoms with Crippen molar-refractivity contribution in [2.45, 2.75) is 6.18 Å². The molecule has 1 heterocycles. The molecular formula is C23H13ClF3N3O4. The fourth-order valence-electron chi connectivity index (χ4n) is 3.04. The van der Waals surface area contributed by atoms with Crippen molar-refractivity contribution in [1.82, 2.24) is 4.98 Å². The normalized spacial score (nSPS) is 11.3. The largest absolute Gasteiger partial charge is 0.457 e. The van der Waals surface area contributed by atoms with Gasteiger partial charge in [-0.2, -0.15) is 13.2 Å². The molecule has 0 saturated carbocycles. The summed E-state index contributed by atoms with van der Waals surface area (Å²) in [5.74, 6) is 0.825. The Labute approximate surface area is 194 Å². The van der Waals surface area contributed by atoms with Crippen LogP contribution in [0.25, 0.3) is 0 Å². The highest BCUT2D eigenvalue weighted by Gasteiger charge is 2.33. The number of nitrogens with zero attached hydrogens (tertiary/aromatic N) is 1. The molecule has 0 saturated heterocycles. The van der Waals surface area contributed by atoms with Gasteiger partial charge in [0.05, 0.1) is 10.6 Å². The first-order valence-electron chi connectivity index (χ1n) is 9.59. The second kappa shape index (κ2) is 8.99. The van der Waals surface area contributed by atoms with Gasteiger partial charge in [-0.3, -0.25) is 19.4 Å². The molecule has 3 aromatic carbocycles. The molecule has 34 heavy (non-hydrogen) atoms. The van der Waals surface area contributed by atoms with E-state index in [1.54, 1.807) is 30.3 Å². The molecule has 11 heteroatoms. The van der Waals surface area contributed by atoms with E-state index in [1.165, 1.54) is 18.3 Å². The number of aldehydes is 1. The zero-order chi connectivity index (χ0) is 24.5. The SMILES string of the molecule is O=Cc1cc(Oc2ccc(Nc3c(Nc4ccc(Cl)c(C(F)(F)F)c4)c(=O)c3=O)cc2)ccn1. The maximum Gasteiger partial charge on any atom is 0.417 e. The highest BCUT2D eigenvalue weighted by atomic mass is 35.5. The third-order valence-corrected chi connectivity index (χ3v) is 5.01. The van der Waals surface area contributed by atoms with Gasteiger partial charge in [-0.15, -0.1) is 0 Å². The lowest BCUT2D eigenvalue weighted by molar-refractivity contribution is -0.137. The molecule has 0 spiro atoms. The van der Waals surface area contributed by atoms with Crippen LogP contribution >= 0.6 is 11.6 Å². The lowest BCUT2D eigenvalue weighted by atomic mass is 10.1. The van der Waals surface area contributed by atoms with Gasteiger partial charge in [-0.05, 0) is 48.5 Å². The number of halogens is 4. The molecule has 0 aliphatic rings. The van der Waals surface area contributed by atoms with E-state index in [2.05, 4.69) is 15.6 Å². The molecule has 1 aromatic heterocycles. The number of pyridine rings is 1. The highest BCUT2D eigenvalue weighted by Crippen LogP contribution is 2.37. The van der Waals surface area contributed by atoms with Gasteiger partial charge in [0.2, 0.25) is 0 Å². The Morgan fingerprint density at radius 3 is 2.09 bits per heavy atom. The number of rotatable bonds is 7. The van der Waals surface area contributed by atoms with Crippen LogP contribution in [0.3, 0.4) is 0 Å². The van der Waals surface area contributed by atoms with Crippen LogP contribution < -0.4 is 26.2 Å². The van der Waals surface area contributed by atoms with Gasteiger partial charge < -0.3 is 15.4 Å². The average Bonchev–Trinajstić information content (AvgIpc) is 2.82. The van der Waals surface area contributed by atoms with E-state index in [0.29, 0.717) is 23.5 Å². The Morgan fingerprint density at radius 2 is 1.47 bits per heavy atom. The van der Waals surface area contributed by atoms with Gasteiger partial charge in [0.25, 0.3) is 10.9 Å². The lowest BCUT2D eigenvalue weighted by Crippen LogP contribution is -2.35. The van der Waals surface area contributed by atoms with Gasteiger partial charge in [0, 0.05) is 23.6 Å². The zero-order valence-electron chi connectivity index (χ0n) is 16.9. The summed E-state index contributed by atoms with van der Waals surface area (Å²) in [5.41, 5.74) is -2.43. The molecule has 0 unspecified atom stereocenters. The molecule has 0 aliphatic heterocycles. The van der Waals surface area contributed by atoms with Crippen molar-refractivity contribution in [2.24, 2.45) is 0 Å². The standard InChI is InChI=1S/C23H13ClF3N3O4/c24-18-6-3-13(10-17(18)23(25,26)27)30-20-19(21(32)22(20)33)29-12-1-4-15(5-2-12)34-16-7-8-28-14(9-16)11-31/h1-11,29-30H. The summed E-state index contributed by atoms with van der Waals surface area (Å²) in [7, 11) is 0. The van der Waals surface area contributed by atoms with Crippen LogP contribution in [0, 0.1) is 0 Å². The summed E-state index contributed by atoms with van der Waals surface area (Å²) < 4.78 is 44.9. The number of anilines is 4. The van der Waals surface area contributed by atoms with Crippen LogP contribution in [0.5, 0.6) is 11.5 Å². The molecule has 0 fully saturated rings. The first kappa shape index (κ1) is 23.0. The predicted octanol–water partition coefficient (Wildman–Crippen LogP) is 5.44. The van der Waals surface area contributed by atoms with E-state index in [0.717, 1.165) is 12.1 Å². The third-order valence-electron chi connectivity index (χ3n) is 4.68. The van der Waals surface area contributed by atoms with E-state index in [4.69, 9.17) is 16.3 Å². The summed E-state index contributed by atoms with van der Waals surface area (Å²) >= 11 is 5.61. The van der Waals surface area contributed by atoms with Crippen molar-refractivity contribution in [3.63, 3.8) is 0 Å². The number of hydrogen-bond acceptors (Lipinski definition) is 7. The van der Waals surface area contributed by atoms with Crippen molar-refractivity contribution in [1.29, 1.82) is 0 Å². The quantitative estimate of drug-likeness (QED) is 0.264. The lowest BCUT2D eigenvalue weighted by Gasteiger charge is -2.17. The Morgan fingerprint density at radius 1 is 0.853 bits per heavy atom. The molecule has 172 valence electrons. The van der Waals surface area contributed by atoms with Gasteiger partial charge in [0.1, 0.15) is 28.6 Å². The fourth-order valence-corrected chi connectivity index (χ4v) is 3.26. The van der Waals surface area contributed by atoms with E-state index >= 15 is 0 Å². The monoisotopic (exact) mass is 487 g/mol. The Bertz CT molecular complexity index is 1450. The van der Waals surface area contributed by atoms with E-state index in [9.17, 15) is 27.6 Å². The number of hydrogen-bond donors (Lipinski definition) is 2. The highest BCUT2D eigenvalue weighted by molar-refractivity contribution is 6.31. The molecule has 0 aliphatic carbocycles. The van der Waals surface area contributed by atoms with Gasteiger partial charge in [0.15, 0.2) is 6.29 Å². The average molecular weight is 488 g/mol. The van der Waals surface area contributed by atoms with E-state index < -0.39 is 27.6 Å². The van der Waals surface area contributed by atoms with Gasteiger partial charge in [-0.25, -0.2) is 0 Å². The summed E-state index contributed by atoms with van der Waals surface area (Å²) in [6.45, 7) is 0. The van der Waals surface area contributed by atoms with Crippen molar-refractivity contribution in [3.8, 4) is 11.5 Å². The van der Waals surface area contributed by atoms with Crippen LogP contribution in [-0.4, -0.2) is 11.3 Å². The predicted molar refractivity (Wildman–Crippen MR) is 121 cm³/mol. The van der Waals surface area contributed by atoms with E-state index in [1.807, 2.05) is 0 Å². The number of benzene rings is 2. The van der Waals surface area contributed by atoms with E-state index in [-0.39, 0.29) is 22.8 Å². The molecule has 0 amide bonds. The topological polar surface area (TPSA) is 97.4 Å². The Hall–Kier alpha value is -4.18. The first-order valence-corrected chi connectivity index (χ1v) is 9.97. The molecule has 4 rings (SSSR count). The summed E-state index contributed by atoms with van der Waals surface area (Å²) in [6, 6.07) is 12.4. The van der Waals surface area contributed by atoms with Crippen molar-refractivity contribution in [3.05, 3.63) is 97.5 Å². The van der Waals surface area contributed by atoms with Crippen LogP contribution in [0.1, 0.15) is 16.1 Å². The molecular weight excluding hydrogens is 475 g/mol. The minimum absolute atomic E-state index is 0.0531. The Kier molecular flexibility index (Phi) is 6.08.